The summed E-state index contributed by atoms with van der Waals surface area (Å²) >= 11 is 0. The minimum absolute atomic E-state index is 0.0524. The second kappa shape index (κ2) is 7.31. The van der Waals surface area contributed by atoms with Crippen LogP contribution in [-0.4, -0.2) is 52.0 Å². The number of benzene rings is 1. The fourth-order valence-corrected chi connectivity index (χ4v) is 3.05. The van der Waals surface area contributed by atoms with Crippen LogP contribution in [0.5, 0.6) is 0 Å². The van der Waals surface area contributed by atoms with Crippen molar-refractivity contribution in [3.63, 3.8) is 0 Å². The maximum Gasteiger partial charge on any atom is 0.244 e. The van der Waals surface area contributed by atoms with Crippen molar-refractivity contribution in [1.29, 1.82) is 0 Å². The van der Waals surface area contributed by atoms with Crippen LogP contribution in [0.1, 0.15) is 37.8 Å². The first kappa shape index (κ1) is 17.5. The Kier molecular flexibility index (Phi) is 5.13. The van der Waals surface area contributed by atoms with Crippen LogP contribution >= 0.6 is 0 Å². The molecule has 1 aliphatic rings. The molecule has 1 saturated heterocycles. The Bertz CT molecular complexity index is 761. The maximum absolute atomic E-state index is 13.7. The Hall–Kier alpha value is -2.28. The van der Waals surface area contributed by atoms with Gasteiger partial charge >= 0.3 is 0 Å². The van der Waals surface area contributed by atoms with E-state index >= 15 is 0 Å². The van der Waals surface area contributed by atoms with Gasteiger partial charge < -0.3 is 9.42 Å². The van der Waals surface area contributed by atoms with Gasteiger partial charge in [-0.15, -0.1) is 0 Å². The van der Waals surface area contributed by atoms with Crippen molar-refractivity contribution in [3.05, 3.63) is 35.5 Å². The molecule has 3 rings (SSSR count). The fraction of sp³-hybridized carbons (Fsp3) is 0.500. The van der Waals surface area contributed by atoms with E-state index in [-0.39, 0.29) is 17.8 Å². The second-order valence-corrected chi connectivity index (χ2v) is 6.49. The molecule has 2 aromatic rings. The first-order valence-electron chi connectivity index (χ1n) is 8.55. The standard InChI is InChI=1S/C18H23FN4O2/c1-12-5-6-15(11-16(12)19)17-20-18(25-21-17)13(2)22-7-4-8-23(10-9-22)14(3)24/h5-6,11,13H,4,7-10H2,1-3H3/t13-/m1/s1. The van der Waals surface area contributed by atoms with Gasteiger partial charge in [-0.2, -0.15) is 4.98 Å². The molecule has 25 heavy (non-hydrogen) atoms. The zero-order valence-corrected chi connectivity index (χ0v) is 14.8. The van der Waals surface area contributed by atoms with Gasteiger partial charge in [-0.1, -0.05) is 17.3 Å². The molecule has 1 amide bonds. The van der Waals surface area contributed by atoms with E-state index in [1.165, 1.54) is 6.07 Å². The number of amides is 1. The quantitative estimate of drug-likeness (QED) is 0.855. The highest BCUT2D eigenvalue weighted by atomic mass is 19.1. The van der Waals surface area contributed by atoms with Gasteiger partial charge in [-0.25, -0.2) is 4.39 Å². The third kappa shape index (κ3) is 3.87. The first-order valence-corrected chi connectivity index (χ1v) is 8.55. The van der Waals surface area contributed by atoms with Crippen molar-refractivity contribution in [2.75, 3.05) is 26.2 Å². The van der Waals surface area contributed by atoms with Gasteiger partial charge in [0.25, 0.3) is 0 Å². The Morgan fingerprint density at radius 3 is 2.80 bits per heavy atom. The zero-order chi connectivity index (χ0) is 18.0. The average Bonchev–Trinajstić information content (AvgIpc) is 2.94. The molecule has 0 unspecified atom stereocenters. The smallest absolute Gasteiger partial charge is 0.244 e. The van der Waals surface area contributed by atoms with E-state index < -0.39 is 0 Å². The summed E-state index contributed by atoms with van der Waals surface area (Å²) in [5.41, 5.74) is 1.18. The van der Waals surface area contributed by atoms with Crippen molar-refractivity contribution in [2.45, 2.75) is 33.2 Å². The zero-order valence-electron chi connectivity index (χ0n) is 14.8. The topological polar surface area (TPSA) is 62.5 Å². The van der Waals surface area contributed by atoms with Crippen LogP contribution in [0.3, 0.4) is 0 Å². The number of carbonyl (C=O) groups excluding carboxylic acids is 1. The largest absolute Gasteiger partial charge is 0.342 e. The molecular formula is C18H23FN4O2. The van der Waals surface area contributed by atoms with Gasteiger partial charge in [0.05, 0.1) is 6.04 Å². The van der Waals surface area contributed by atoms with Crippen LogP contribution in [0.25, 0.3) is 11.4 Å². The lowest BCUT2D eigenvalue weighted by Crippen LogP contribution is -2.34. The summed E-state index contributed by atoms with van der Waals surface area (Å²) in [6.07, 6.45) is 0.911. The lowest BCUT2D eigenvalue weighted by Gasteiger charge is -2.24. The number of nitrogens with zero attached hydrogens (tertiary/aromatic N) is 4. The summed E-state index contributed by atoms with van der Waals surface area (Å²) in [5.74, 6) is 0.720. The molecule has 1 atom stereocenters. The molecule has 0 aliphatic carbocycles. The van der Waals surface area contributed by atoms with E-state index in [0.717, 1.165) is 26.1 Å². The molecule has 1 fully saturated rings. The molecule has 7 heteroatoms. The number of hydrogen-bond acceptors (Lipinski definition) is 5. The summed E-state index contributed by atoms with van der Waals surface area (Å²) in [7, 11) is 0. The van der Waals surface area contributed by atoms with Gasteiger partial charge in [-0.3, -0.25) is 9.69 Å². The van der Waals surface area contributed by atoms with Crippen molar-refractivity contribution in [1.82, 2.24) is 19.9 Å². The van der Waals surface area contributed by atoms with E-state index in [1.54, 1.807) is 26.0 Å². The molecule has 6 nitrogen and oxygen atoms in total. The Labute approximate surface area is 146 Å². The summed E-state index contributed by atoms with van der Waals surface area (Å²) in [6, 6.07) is 4.86. The molecule has 0 saturated carbocycles. The van der Waals surface area contributed by atoms with E-state index in [1.807, 2.05) is 11.8 Å². The van der Waals surface area contributed by atoms with Gasteiger partial charge in [0, 0.05) is 38.7 Å². The average molecular weight is 346 g/mol. The van der Waals surface area contributed by atoms with E-state index in [0.29, 0.717) is 29.4 Å². The monoisotopic (exact) mass is 346 g/mol. The van der Waals surface area contributed by atoms with Crippen LogP contribution in [0, 0.1) is 12.7 Å². The fourth-order valence-electron chi connectivity index (χ4n) is 3.05. The molecule has 2 heterocycles. The van der Waals surface area contributed by atoms with Crippen molar-refractivity contribution < 1.29 is 13.7 Å². The van der Waals surface area contributed by atoms with Gasteiger partial charge in [-0.05, 0) is 31.9 Å². The van der Waals surface area contributed by atoms with Crippen molar-refractivity contribution >= 4 is 5.91 Å². The highest BCUT2D eigenvalue weighted by Crippen LogP contribution is 2.24. The summed E-state index contributed by atoms with van der Waals surface area (Å²) < 4.78 is 19.2. The third-order valence-corrected chi connectivity index (χ3v) is 4.75. The number of halogens is 1. The number of rotatable bonds is 3. The van der Waals surface area contributed by atoms with Gasteiger partial charge in [0.1, 0.15) is 5.82 Å². The predicted octanol–water partition coefficient (Wildman–Crippen LogP) is 2.80. The molecule has 0 radical (unpaired) electrons. The number of hydrogen-bond donors (Lipinski definition) is 0. The lowest BCUT2D eigenvalue weighted by molar-refractivity contribution is -0.128. The van der Waals surface area contributed by atoms with Crippen LogP contribution in [0.15, 0.2) is 22.7 Å². The SMILES string of the molecule is CC(=O)N1CCCN([C@H](C)c2nc(-c3ccc(C)c(F)c3)no2)CC1. The second-order valence-electron chi connectivity index (χ2n) is 6.49. The summed E-state index contributed by atoms with van der Waals surface area (Å²) in [5, 5.41) is 4.00. The lowest BCUT2D eigenvalue weighted by atomic mass is 10.1. The number of aryl methyl sites for hydroxylation is 1. The maximum atomic E-state index is 13.7. The van der Waals surface area contributed by atoms with E-state index in [9.17, 15) is 9.18 Å². The summed E-state index contributed by atoms with van der Waals surface area (Å²) in [6.45, 7) is 8.42. The first-order chi connectivity index (χ1) is 12.0. The Morgan fingerprint density at radius 2 is 2.08 bits per heavy atom. The molecule has 1 aromatic heterocycles. The molecule has 0 bridgehead atoms. The normalized spacial score (nSPS) is 17.4. The number of aromatic nitrogens is 2. The molecule has 1 aromatic carbocycles. The van der Waals surface area contributed by atoms with Crippen molar-refractivity contribution in [2.24, 2.45) is 0 Å². The molecule has 134 valence electrons. The third-order valence-electron chi connectivity index (χ3n) is 4.75. The Balaban J connectivity index is 1.73. The Morgan fingerprint density at radius 1 is 1.28 bits per heavy atom. The molecule has 1 aliphatic heterocycles. The molecular weight excluding hydrogens is 323 g/mol. The predicted molar refractivity (Wildman–Crippen MR) is 91.3 cm³/mol. The summed E-state index contributed by atoms with van der Waals surface area (Å²) in [4.78, 5) is 20.1. The van der Waals surface area contributed by atoms with Gasteiger partial charge in [0.15, 0.2) is 0 Å². The van der Waals surface area contributed by atoms with Crippen molar-refractivity contribution in [3.8, 4) is 11.4 Å². The minimum atomic E-state index is -0.284. The van der Waals surface area contributed by atoms with Crippen LogP contribution in [0.4, 0.5) is 4.39 Å². The molecule has 0 N–H and O–H groups in total. The minimum Gasteiger partial charge on any atom is -0.342 e. The van der Waals surface area contributed by atoms with Gasteiger partial charge in [0.2, 0.25) is 17.6 Å². The number of carbonyl (C=O) groups is 1. The van der Waals surface area contributed by atoms with E-state index in [2.05, 4.69) is 15.0 Å². The van der Waals surface area contributed by atoms with Crippen LogP contribution < -0.4 is 0 Å². The molecule has 0 spiro atoms. The van der Waals surface area contributed by atoms with Crippen LogP contribution in [0.2, 0.25) is 0 Å². The van der Waals surface area contributed by atoms with E-state index in [4.69, 9.17) is 4.52 Å². The highest BCUT2D eigenvalue weighted by molar-refractivity contribution is 5.73. The van der Waals surface area contributed by atoms with Crippen LogP contribution in [-0.2, 0) is 4.79 Å². The highest BCUT2D eigenvalue weighted by Gasteiger charge is 2.25.